The lowest BCUT2D eigenvalue weighted by Gasteiger charge is -1.95. The molecule has 0 aliphatic heterocycles. The van der Waals surface area contributed by atoms with E-state index in [1.807, 2.05) is 18.2 Å². The first-order valence-corrected chi connectivity index (χ1v) is 5.12. The van der Waals surface area contributed by atoms with Crippen molar-refractivity contribution in [2.75, 3.05) is 7.11 Å². The molecule has 0 spiro atoms. The Morgan fingerprint density at radius 2 is 1.85 bits per heavy atom. The molecule has 1 atom stereocenters. The van der Waals surface area contributed by atoms with Crippen LogP contribution in [0.15, 0.2) is 30.6 Å². The first-order valence-electron chi connectivity index (χ1n) is 3.89. The smallest absolute Gasteiger partial charge is 0.168 e. The zero-order valence-corrected chi connectivity index (χ0v) is 8.77. The molecule has 0 saturated carbocycles. The molecule has 0 bridgehead atoms. The van der Waals surface area contributed by atoms with Gasteiger partial charge in [0.15, 0.2) is 12.4 Å². The Bertz CT molecular complexity index is 240. The second-order valence-corrected chi connectivity index (χ2v) is 3.07. The molecule has 13 heavy (non-hydrogen) atoms. The Hall–Kier alpha value is -0.700. The highest BCUT2D eigenvalue weighted by Gasteiger charge is 1.86. The summed E-state index contributed by atoms with van der Waals surface area (Å²) in [5, 5.41) is 0. The fourth-order valence-corrected chi connectivity index (χ4v) is 0.645. The summed E-state index contributed by atoms with van der Waals surface area (Å²) in [6.07, 6.45) is 4.11. The van der Waals surface area contributed by atoms with Crippen molar-refractivity contribution in [3.63, 3.8) is 0 Å². The van der Waals surface area contributed by atoms with Gasteiger partial charge in [-0.15, -0.1) is 0 Å². The van der Waals surface area contributed by atoms with Gasteiger partial charge < -0.3 is 14.0 Å². The van der Waals surface area contributed by atoms with E-state index in [0.29, 0.717) is 0 Å². The molecule has 0 N–H and O–H groups in total. The third-order valence-electron chi connectivity index (χ3n) is 1.31. The normalized spacial score (nSPS) is 11.3. The van der Waals surface area contributed by atoms with Gasteiger partial charge in [-0.2, -0.15) is 0 Å². The number of hydrogen-bond acceptors (Lipinski definition) is 3. The quantitative estimate of drug-likeness (QED) is 0.515. The summed E-state index contributed by atoms with van der Waals surface area (Å²) in [6.45, 7) is 3.18. The van der Waals surface area contributed by atoms with E-state index < -0.39 is 8.25 Å². The van der Waals surface area contributed by atoms with Crippen molar-refractivity contribution < 1.29 is 18.5 Å². The maximum Gasteiger partial charge on any atom is 0.168 e. The first kappa shape index (κ1) is 12.3. The van der Waals surface area contributed by atoms with Crippen LogP contribution in [0.1, 0.15) is 6.92 Å². The van der Waals surface area contributed by atoms with Gasteiger partial charge in [0.25, 0.3) is 0 Å². The van der Waals surface area contributed by atoms with Crippen LogP contribution in [0.5, 0.6) is 0 Å². The minimum Gasteiger partial charge on any atom is -0.781 e. The molecule has 0 fully saturated rings. The summed E-state index contributed by atoms with van der Waals surface area (Å²) in [4.78, 5) is 9.22. The minimum absolute atomic E-state index is 1.06. The second-order valence-electron chi connectivity index (χ2n) is 2.16. The Morgan fingerprint density at radius 3 is 2.08 bits per heavy atom. The molecule has 0 aromatic carbocycles. The standard InChI is InChI=1S/C7H10N.CH5O3P/c1-2-8-6-4-3-5-7-8;1-4-5(2)3/h3-7H,2H2,1H3;5H,1H3,(H,2,3)/q+1;/p-1. The van der Waals surface area contributed by atoms with Crippen molar-refractivity contribution in [2.24, 2.45) is 0 Å². The summed E-state index contributed by atoms with van der Waals surface area (Å²) in [7, 11) is -1.75. The van der Waals surface area contributed by atoms with Crippen LogP contribution < -0.4 is 9.46 Å². The maximum atomic E-state index is 9.22. The van der Waals surface area contributed by atoms with Crippen LogP contribution >= 0.6 is 8.25 Å². The molecule has 0 aliphatic carbocycles. The van der Waals surface area contributed by atoms with Crippen LogP contribution in [0.3, 0.4) is 0 Å². The van der Waals surface area contributed by atoms with E-state index >= 15 is 0 Å². The van der Waals surface area contributed by atoms with Crippen LogP contribution in [-0.4, -0.2) is 7.11 Å². The summed E-state index contributed by atoms with van der Waals surface area (Å²) < 4.78 is 15.1. The fourth-order valence-electron chi connectivity index (χ4n) is 0.645. The van der Waals surface area contributed by atoms with E-state index in [9.17, 15) is 9.46 Å². The molecule has 1 aromatic heterocycles. The van der Waals surface area contributed by atoms with Gasteiger partial charge >= 0.3 is 0 Å². The van der Waals surface area contributed by atoms with Crippen LogP contribution in [0, 0.1) is 0 Å². The number of aromatic nitrogens is 1. The lowest BCUT2D eigenvalue weighted by atomic mass is 10.5. The molecule has 1 rings (SSSR count). The van der Waals surface area contributed by atoms with E-state index in [4.69, 9.17) is 0 Å². The summed E-state index contributed by atoms with van der Waals surface area (Å²) in [6, 6.07) is 6.08. The van der Waals surface area contributed by atoms with Crippen LogP contribution in [0.2, 0.25) is 0 Å². The maximum absolute atomic E-state index is 9.22. The van der Waals surface area contributed by atoms with Gasteiger partial charge in [0.05, 0.1) is 0 Å². The average molecular weight is 203 g/mol. The largest absolute Gasteiger partial charge is 0.781 e. The van der Waals surface area contributed by atoms with Crippen molar-refractivity contribution in [1.82, 2.24) is 0 Å². The average Bonchev–Trinajstić information content (AvgIpc) is 2.20. The molecule has 0 radical (unpaired) electrons. The van der Waals surface area contributed by atoms with Gasteiger partial charge in [-0.1, -0.05) is 6.07 Å². The predicted molar refractivity (Wildman–Crippen MR) is 48.3 cm³/mol. The highest BCUT2D eigenvalue weighted by molar-refractivity contribution is 7.30. The summed E-state index contributed by atoms with van der Waals surface area (Å²) in [5.74, 6) is 0. The van der Waals surface area contributed by atoms with Crippen molar-refractivity contribution in [1.29, 1.82) is 0 Å². The lowest BCUT2D eigenvalue weighted by molar-refractivity contribution is -0.693. The second kappa shape index (κ2) is 7.92. The highest BCUT2D eigenvalue weighted by atomic mass is 31.1. The van der Waals surface area contributed by atoms with Crippen molar-refractivity contribution >= 4 is 8.25 Å². The molecular formula is C8H14NO3P. The molecular weight excluding hydrogens is 189 g/mol. The number of hydrogen-bond donors (Lipinski definition) is 0. The third-order valence-corrected chi connectivity index (χ3v) is 1.64. The van der Waals surface area contributed by atoms with Crippen molar-refractivity contribution in [3.05, 3.63) is 30.6 Å². The first-order chi connectivity index (χ1) is 6.20. The molecule has 74 valence electrons. The Kier molecular flexibility index (Phi) is 7.50. The Balaban J connectivity index is 0.000000252. The van der Waals surface area contributed by atoms with Gasteiger partial charge in [0.1, 0.15) is 14.8 Å². The van der Waals surface area contributed by atoms with E-state index in [2.05, 4.69) is 28.4 Å². The van der Waals surface area contributed by atoms with E-state index in [1.54, 1.807) is 0 Å². The van der Waals surface area contributed by atoms with Gasteiger partial charge in [-0.25, -0.2) is 4.57 Å². The zero-order valence-electron chi connectivity index (χ0n) is 7.77. The summed E-state index contributed by atoms with van der Waals surface area (Å²) in [5.41, 5.74) is 0. The zero-order chi connectivity index (χ0) is 10.1. The Labute approximate surface area is 78.7 Å². The monoisotopic (exact) mass is 203 g/mol. The van der Waals surface area contributed by atoms with Gasteiger partial charge in [0.2, 0.25) is 0 Å². The van der Waals surface area contributed by atoms with E-state index in [1.165, 1.54) is 0 Å². The van der Waals surface area contributed by atoms with Crippen molar-refractivity contribution in [3.8, 4) is 0 Å². The third kappa shape index (κ3) is 7.65. The highest BCUT2D eigenvalue weighted by Crippen LogP contribution is 2.02. The van der Waals surface area contributed by atoms with E-state index in [-0.39, 0.29) is 0 Å². The van der Waals surface area contributed by atoms with Crippen LogP contribution in [0.4, 0.5) is 0 Å². The number of rotatable bonds is 2. The van der Waals surface area contributed by atoms with Crippen LogP contribution in [0.25, 0.3) is 0 Å². The minimum atomic E-state index is -2.87. The molecule has 1 unspecified atom stereocenters. The predicted octanol–water partition coefficient (Wildman–Crippen LogP) is 0.377. The molecule has 1 aromatic rings. The number of pyridine rings is 1. The van der Waals surface area contributed by atoms with Crippen LogP contribution in [-0.2, 0) is 15.6 Å². The molecule has 0 aliphatic rings. The molecule has 0 saturated heterocycles. The lowest BCUT2D eigenvalue weighted by Crippen LogP contribution is -2.30. The van der Waals surface area contributed by atoms with Crippen molar-refractivity contribution in [2.45, 2.75) is 13.5 Å². The molecule has 1 heterocycles. The molecule has 4 nitrogen and oxygen atoms in total. The topological polar surface area (TPSA) is 53.2 Å². The van der Waals surface area contributed by atoms with Gasteiger partial charge in [-0.05, 0) is 6.92 Å². The summed E-state index contributed by atoms with van der Waals surface area (Å²) >= 11 is 0. The SMILES string of the molecule is CC[n+]1ccccc1.CO[PH](=O)[O-]. The molecule has 0 amide bonds. The fraction of sp³-hybridized carbons (Fsp3) is 0.375. The molecule has 5 heteroatoms. The van der Waals surface area contributed by atoms with Gasteiger partial charge in [0, 0.05) is 19.2 Å². The van der Waals surface area contributed by atoms with Gasteiger partial charge in [-0.3, -0.25) is 0 Å². The number of nitrogens with zero attached hydrogens (tertiary/aromatic N) is 1. The van der Waals surface area contributed by atoms with E-state index in [0.717, 1.165) is 13.7 Å². The number of aryl methyl sites for hydroxylation is 1. The Morgan fingerprint density at radius 1 is 1.38 bits per heavy atom.